The van der Waals surface area contributed by atoms with Crippen LogP contribution in [0.2, 0.25) is 0 Å². The zero-order valence-electron chi connectivity index (χ0n) is 21.5. The summed E-state index contributed by atoms with van der Waals surface area (Å²) in [6, 6.07) is 14.4. The van der Waals surface area contributed by atoms with Crippen LogP contribution in [-0.4, -0.2) is 40.9 Å². The lowest BCUT2D eigenvalue weighted by molar-refractivity contribution is 0.0985. The molecule has 36 heavy (non-hydrogen) atoms. The van der Waals surface area contributed by atoms with Crippen LogP contribution in [-0.2, 0) is 16.4 Å². The fourth-order valence-electron chi connectivity index (χ4n) is 4.15. The first-order valence-electron chi connectivity index (χ1n) is 12.1. The molecule has 0 saturated carbocycles. The zero-order valence-corrected chi connectivity index (χ0v) is 23.2. The average Bonchev–Trinajstić information content (AvgIpc) is 3.40. The van der Waals surface area contributed by atoms with Crippen LogP contribution < -0.4 is 4.90 Å². The number of anilines is 1. The topological polar surface area (TPSA) is 85.2 Å². The molecule has 190 valence electrons. The second kappa shape index (κ2) is 10.1. The highest BCUT2D eigenvalue weighted by Gasteiger charge is 2.25. The molecule has 4 aromatic rings. The van der Waals surface area contributed by atoms with Gasteiger partial charge < -0.3 is 0 Å². The summed E-state index contributed by atoms with van der Waals surface area (Å²) in [5.41, 5.74) is 4.27. The number of carbonyl (C=O) groups is 1. The molecule has 0 atom stereocenters. The van der Waals surface area contributed by atoms with E-state index in [1.165, 1.54) is 17.4 Å². The normalized spacial score (nSPS) is 12.1. The molecular formula is C27H32N4O3S2. The van der Waals surface area contributed by atoms with E-state index in [9.17, 15) is 13.2 Å². The third-order valence-corrected chi connectivity index (χ3v) is 9.40. The monoisotopic (exact) mass is 524 g/mol. The van der Waals surface area contributed by atoms with Crippen LogP contribution in [0.5, 0.6) is 0 Å². The summed E-state index contributed by atoms with van der Waals surface area (Å²) in [7, 11) is -3.51. The largest absolute Gasteiger partial charge is 0.282 e. The molecule has 2 heterocycles. The van der Waals surface area contributed by atoms with E-state index in [0.717, 1.165) is 27.2 Å². The molecule has 0 radical (unpaired) electrons. The van der Waals surface area contributed by atoms with Crippen molar-refractivity contribution in [2.24, 2.45) is 0 Å². The Kier molecular flexibility index (Phi) is 7.33. The van der Waals surface area contributed by atoms with Gasteiger partial charge in [0.1, 0.15) is 0 Å². The number of aryl methyl sites for hydroxylation is 2. The van der Waals surface area contributed by atoms with Crippen molar-refractivity contribution in [2.45, 2.75) is 64.2 Å². The van der Waals surface area contributed by atoms with Crippen molar-refractivity contribution >= 4 is 42.4 Å². The summed E-state index contributed by atoms with van der Waals surface area (Å²) >= 11 is 1.47. The summed E-state index contributed by atoms with van der Waals surface area (Å²) in [5.74, 6) is 0.00270. The van der Waals surface area contributed by atoms with E-state index in [2.05, 4.69) is 25.0 Å². The van der Waals surface area contributed by atoms with Crippen LogP contribution in [0.3, 0.4) is 0 Å². The maximum Gasteiger partial charge on any atom is 0.260 e. The van der Waals surface area contributed by atoms with Gasteiger partial charge in [-0.05, 0) is 69.5 Å². The lowest BCUT2D eigenvalue weighted by atomic mass is 10.0. The Morgan fingerprint density at radius 1 is 1.06 bits per heavy atom. The van der Waals surface area contributed by atoms with E-state index in [1.807, 2.05) is 36.7 Å². The minimum Gasteiger partial charge on any atom is -0.282 e. The number of hydrogen-bond donors (Lipinski definition) is 0. The van der Waals surface area contributed by atoms with Gasteiger partial charge >= 0.3 is 0 Å². The van der Waals surface area contributed by atoms with Crippen LogP contribution in [0.4, 0.5) is 5.13 Å². The SMILES string of the molecule is Cc1cc(C)n(CCN(C(=O)c2cccc(S(=O)(=O)C(C)C)c2)c2nc3c(C(C)C)cccc3s2)n1. The van der Waals surface area contributed by atoms with Gasteiger partial charge in [-0.25, -0.2) is 13.4 Å². The molecule has 2 aromatic heterocycles. The van der Waals surface area contributed by atoms with E-state index in [4.69, 9.17) is 4.98 Å². The first-order chi connectivity index (χ1) is 17.0. The lowest BCUT2D eigenvalue weighted by Gasteiger charge is -2.21. The Hall–Kier alpha value is -3.04. The third-order valence-electron chi connectivity index (χ3n) is 6.21. The van der Waals surface area contributed by atoms with Gasteiger partial charge in [0.25, 0.3) is 5.91 Å². The Labute approximate surface area is 216 Å². The Bertz CT molecular complexity index is 1520. The highest BCUT2D eigenvalue weighted by Crippen LogP contribution is 2.34. The molecule has 2 aromatic carbocycles. The number of fused-ring (bicyclic) bond motifs is 1. The van der Waals surface area contributed by atoms with Crippen molar-refractivity contribution in [1.82, 2.24) is 14.8 Å². The van der Waals surface area contributed by atoms with E-state index in [0.29, 0.717) is 29.7 Å². The summed E-state index contributed by atoms with van der Waals surface area (Å²) in [5, 5.41) is 4.54. The fraction of sp³-hybridized carbons (Fsp3) is 0.370. The van der Waals surface area contributed by atoms with Crippen molar-refractivity contribution in [3.05, 3.63) is 71.0 Å². The molecule has 1 amide bonds. The van der Waals surface area contributed by atoms with Crippen LogP contribution >= 0.6 is 11.3 Å². The second-order valence-corrected chi connectivity index (χ2v) is 13.1. The molecule has 0 saturated heterocycles. The van der Waals surface area contributed by atoms with Gasteiger partial charge in [-0.1, -0.05) is 43.4 Å². The number of benzene rings is 2. The maximum atomic E-state index is 13.9. The van der Waals surface area contributed by atoms with E-state index >= 15 is 0 Å². The highest BCUT2D eigenvalue weighted by atomic mass is 32.2. The number of sulfone groups is 1. The van der Waals surface area contributed by atoms with Crippen molar-refractivity contribution in [3.63, 3.8) is 0 Å². The minimum absolute atomic E-state index is 0.147. The molecule has 4 rings (SSSR count). The van der Waals surface area contributed by atoms with Gasteiger partial charge in [-0.2, -0.15) is 5.10 Å². The first kappa shape index (κ1) is 26.0. The molecule has 9 heteroatoms. The number of nitrogens with zero attached hydrogens (tertiary/aromatic N) is 4. The summed E-state index contributed by atoms with van der Waals surface area (Å²) in [4.78, 5) is 20.6. The summed E-state index contributed by atoms with van der Waals surface area (Å²) in [6.45, 7) is 12.3. The van der Waals surface area contributed by atoms with Gasteiger partial charge in [-0.15, -0.1) is 0 Å². The maximum absolute atomic E-state index is 13.9. The number of carbonyl (C=O) groups excluding carboxylic acids is 1. The fourth-order valence-corrected chi connectivity index (χ4v) is 6.28. The second-order valence-electron chi connectivity index (χ2n) is 9.57. The van der Waals surface area contributed by atoms with Crippen LogP contribution in [0, 0.1) is 13.8 Å². The van der Waals surface area contributed by atoms with Gasteiger partial charge in [0.15, 0.2) is 15.0 Å². The molecule has 0 unspecified atom stereocenters. The zero-order chi connectivity index (χ0) is 26.2. The number of rotatable bonds is 8. The number of hydrogen-bond acceptors (Lipinski definition) is 6. The van der Waals surface area contributed by atoms with Gasteiger partial charge in [0, 0.05) is 17.8 Å². The van der Waals surface area contributed by atoms with Gasteiger partial charge in [0.2, 0.25) is 0 Å². The smallest absolute Gasteiger partial charge is 0.260 e. The molecule has 7 nitrogen and oxygen atoms in total. The molecule has 0 fully saturated rings. The van der Waals surface area contributed by atoms with Crippen molar-refractivity contribution in [2.75, 3.05) is 11.4 Å². The Morgan fingerprint density at radius 2 is 1.78 bits per heavy atom. The van der Waals surface area contributed by atoms with Gasteiger partial charge in [0.05, 0.1) is 32.6 Å². The molecule has 0 bridgehead atoms. The lowest BCUT2D eigenvalue weighted by Crippen LogP contribution is -2.34. The van der Waals surface area contributed by atoms with Crippen LogP contribution in [0.25, 0.3) is 10.2 Å². The van der Waals surface area contributed by atoms with Crippen LogP contribution in [0.15, 0.2) is 53.4 Å². The van der Waals surface area contributed by atoms with E-state index in [-0.39, 0.29) is 10.8 Å². The number of amides is 1. The predicted molar refractivity (Wildman–Crippen MR) is 146 cm³/mol. The molecule has 0 N–H and O–H groups in total. The molecule has 0 aliphatic heterocycles. The van der Waals surface area contributed by atoms with Crippen molar-refractivity contribution < 1.29 is 13.2 Å². The van der Waals surface area contributed by atoms with Gasteiger partial charge in [-0.3, -0.25) is 14.4 Å². The van der Waals surface area contributed by atoms with E-state index in [1.54, 1.807) is 36.9 Å². The van der Waals surface area contributed by atoms with Crippen LogP contribution in [0.1, 0.15) is 60.9 Å². The molecule has 0 spiro atoms. The summed E-state index contributed by atoms with van der Waals surface area (Å²) in [6.07, 6.45) is 0. The number of thiazole rings is 1. The Balaban J connectivity index is 1.77. The summed E-state index contributed by atoms with van der Waals surface area (Å²) < 4.78 is 28.4. The third kappa shape index (κ3) is 5.08. The Morgan fingerprint density at radius 3 is 2.42 bits per heavy atom. The minimum atomic E-state index is -3.51. The van der Waals surface area contributed by atoms with Crippen molar-refractivity contribution in [3.8, 4) is 0 Å². The number of aromatic nitrogens is 3. The standard InChI is InChI=1S/C27H32N4O3S2/c1-17(2)23-11-8-12-24-25(23)28-27(35-24)30(13-14-31-20(6)15-19(5)29-31)26(32)21-9-7-10-22(16-21)36(33,34)18(3)4/h7-12,15-18H,13-14H2,1-6H3. The van der Waals surface area contributed by atoms with E-state index < -0.39 is 15.1 Å². The quantitative estimate of drug-likeness (QED) is 0.292. The predicted octanol–water partition coefficient (Wildman–Crippen LogP) is 5.76. The number of para-hydroxylation sites is 1. The molecular weight excluding hydrogens is 492 g/mol. The molecule has 0 aliphatic rings. The highest BCUT2D eigenvalue weighted by molar-refractivity contribution is 7.92. The molecule has 0 aliphatic carbocycles. The van der Waals surface area contributed by atoms with Crippen molar-refractivity contribution in [1.29, 1.82) is 0 Å². The average molecular weight is 525 g/mol. The first-order valence-corrected chi connectivity index (χ1v) is 14.4.